The highest BCUT2D eigenvalue weighted by Crippen LogP contribution is 2.47. The fraction of sp³-hybridized carbons (Fsp3) is 0.378. The zero-order valence-corrected chi connectivity index (χ0v) is 32.0. The molecule has 1 unspecified atom stereocenters. The highest BCUT2D eigenvalue weighted by Gasteiger charge is 2.45. The monoisotopic (exact) mass is 771 g/mol. The number of hydrogen-bond acceptors (Lipinski definition) is 9. The maximum absolute atomic E-state index is 16.1. The van der Waals surface area contributed by atoms with Gasteiger partial charge in [-0.25, -0.2) is 4.39 Å². The number of anilines is 2. The zero-order valence-electron chi connectivity index (χ0n) is 32.0. The number of piperidine rings is 2. The van der Waals surface area contributed by atoms with E-state index in [2.05, 4.69) is 38.2 Å². The van der Waals surface area contributed by atoms with Gasteiger partial charge in [0.25, 0.3) is 11.8 Å². The molecule has 3 atom stereocenters. The number of carbonyl (C=O) groups excluding carboxylic acids is 4. The van der Waals surface area contributed by atoms with E-state index in [1.807, 2.05) is 48.5 Å². The first-order chi connectivity index (χ1) is 27.7. The van der Waals surface area contributed by atoms with Gasteiger partial charge < -0.3 is 19.3 Å². The van der Waals surface area contributed by atoms with Crippen molar-refractivity contribution in [2.24, 2.45) is 5.92 Å². The van der Waals surface area contributed by atoms with Crippen molar-refractivity contribution in [1.82, 2.24) is 15.1 Å². The lowest BCUT2D eigenvalue weighted by Crippen LogP contribution is -2.54. The molecule has 4 aromatic rings. The quantitative estimate of drug-likeness (QED) is 0.230. The summed E-state index contributed by atoms with van der Waals surface area (Å²) in [6, 6.07) is 26.3. The Hall–Kier alpha value is -5.75. The molecule has 0 aliphatic carbocycles. The van der Waals surface area contributed by atoms with Gasteiger partial charge in [0.15, 0.2) is 0 Å². The molecule has 9 rings (SSSR count). The first kappa shape index (κ1) is 36.9. The van der Waals surface area contributed by atoms with Crippen molar-refractivity contribution in [2.75, 3.05) is 69.3 Å². The molecule has 12 heteroatoms. The normalized spacial score (nSPS) is 22.9. The summed E-state index contributed by atoms with van der Waals surface area (Å²) in [5.41, 5.74) is 5.24. The minimum Gasteiger partial charge on any atom is -0.497 e. The molecule has 3 fully saturated rings. The van der Waals surface area contributed by atoms with E-state index in [0.29, 0.717) is 23.8 Å². The van der Waals surface area contributed by atoms with Crippen LogP contribution in [0.1, 0.15) is 74.9 Å². The molecule has 11 nitrogen and oxygen atoms in total. The summed E-state index contributed by atoms with van der Waals surface area (Å²) < 4.78 is 27.8. The minimum absolute atomic E-state index is 0.0380. The van der Waals surface area contributed by atoms with Crippen LogP contribution in [0.15, 0.2) is 84.9 Å². The van der Waals surface area contributed by atoms with Crippen LogP contribution >= 0.6 is 0 Å². The van der Waals surface area contributed by atoms with Crippen molar-refractivity contribution in [3.63, 3.8) is 0 Å². The van der Waals surface area contributed by atoms with Gasteiger partial charge in [0.1, 0.15) is 23.4 Å². The van der Waals surface area contributed by atoms with Crippen molar-refractivity contribution in [1.29, 1.82) is 0 Å². The van der Waals surface area contributed by atoms with Gasteiger partial charge in [-0.2, -0.15) is 0 Å². The lowest BCUT2D eigenvalue weighted by Gasteiger charge is -2.40. The first-order valence-corrected chi connectivity index (χ1v) is 20.0. The molecule has 57 heavy (non-hydrogen) atoms. The van der Waals surface area contributed by atoms with E-state index >= 15 is 4.39 Å². The Kier molecular flexibility index (Phi) is 9.90. The van der Waals surface area contributed by atoms with E-state index in [4.69, 9.17) is 9.47 Å². The maximum Gasteiger partial charge on any atom is 0.262 e. The zero-order chi connectivity index (χ0) is 39.2. The van der Waals surface area contributed by atoms with Crippen molar-refractivity contribution in [2.45, 2.75) is 43.6 Å². The summed E-state index contributed by atoms with van der Waals surface area (Å²) in [4.78, 5) is 58.5. The van der Waals surface area contributed by atoms with Gasteiger partial charge in [0.05, 0.1) is 30.5 Å². The number of imide groups is 2. The molecule has 5 aliphatic rings. The Morgan fingerprint density at radius 2 is 1.54 bits per heavy atom. The van der Waals surface area contributed by atoms with E-state index in [1.54, 1.807) is 25.3 Å². The third-order valence-electron chi connectivity index (χ3n) is 12.6. The Labute approximate surface area is 331 Å². The molecule has 1 N–H and O–H groups in total. The largest absolute Gasteiger partial charge is 0.497 e. The topological polar surface area (TPSA) is 112 Å². The number of methoxy groups -OCH3 is 1. The average molecular weight is 772 g/mol. The van der Waals surface area contributed by atoms with Gasteiger partial charge >= 0.3 is 0 Å². The fourth-order valence-corrected chi connectivity index (χ4v) is 9.46. The van der Waals surface area contributed by atoms with E-state index in [1.165, 1.54) is 0 Å². The number of ether oxygens (including phenoxy) is 2. The molecular formula is C45H46FN5O6. The van der Waals surface area contributed by atoms with Crippen LogP contribution in [0.4, 0.5) is 15.8 Å². The molecule has 0 saturated carbocycles. The average Bonchev–Trinajstić information content (AvgIpc) is 3.48. The van der Waals surface area contributed by atoms with Crippen molar-refractivity contribution in [3.05, 3.63) is 119 Å². The fourth-order valence-electron chi connectivity index (χ4n) is 9.46. The third-order valence-corrected chi connectivity index (χ3v) is 12.6. The maximum atomic E-state index is 16.1. The van der Waals surface area contributed by atoms with Gasteiger partial charge in [-0.3, -0.25) is 34.3 Å². The van der Waals surface area contributed by atoms with E-state index in [9.17, 15) is 19.2 Å². The van der Waals surface area contributed by atoms with Gasteiger partial charge in [0, 0.05) is 81.4 Å². The SMILES string of the molecule is COc1ccc2c(c1)OC[C@H](c1ccccc1)[C@@H]2c1ccc(N2CCC(CN3CCN(c4ccc5c(c4)C(=O)N(C4CCC(=O)NC4=O)C5=O)CC3)CC2)c(F)c1. The summed E-state index contributed by atoms with van der Waals surface area (Å²) in [5, 5.41) is 2.24. The summed E-state index contributed by atoms with van der Waals surface area (Å²) in [5.74, 6) is -0.197. The van der Waals surface area contributed by atoms with Crippen LogP contribution in [-0.2, 0) is 9.59 Å². The number of carbonyl (C=O) groups is 4. The van der Waals surface area contributed by atoms with Crippen molar-refractivity contribution in [3.8, 4) is 11.5 Å². The summed E-state index contributed by atoms with van der Waals surface area (Å²) in [7, 11) is 1.64. The lowest BCUT2D eigenvalue weighted by atomic mass is 9.76. The number of benzene rings is 4. The number of nitrogens with zero attached hydrogens (tertiary/aromatic N) is 4. The molecule has 3 saturated heterocycles. The number of nitrogens with one attached hydrogen (secondary N) is 1. The second-order valence-corrected chi connectivity index (χ2v) is 15.8. The molecule has 0 aromatic heterocycles. The molecular weight excluding hydrogens is 726 g/mol. The molecule has 5 heterocycles. The first-order valence-electron chi connectivity index (χ1n) is 20.0. The highest BCUT2D eigenvalue weighted by molar-refractivity contribution is 6.23. The second kappa shape index (κ2) is 15.3. The van der Waals surface area contributed by atoms with Gasteiger partial charge in [-0.15, -0.1) is 0 Å². The molecule has 0 spiro atoms. The Morgan fingerprint density at radius 3 is 2.28 bits per heavy atom. The highest BCUT2D eigenvalue weighted by atomic mass is 19.1. The van der Waals surface area contributed by atoms with Crippen LogP contribution < -0.4 is 24.6 Å². The summed E-state index contributed by atoms with van der Waals surface area (Å²) in [6.45, 7) is 6.37. The number of hydrogen-bond donors (Lipinski definition) is 1. The minimum atomic E-state index is -0.978. The van der Waals surface area contributed by atoms with Gasteiger partial charge in [-0.05, 0) is 72.7 Å². The number of piperazine rings is 1. The standard InChI is InChI=1S/C45H46FN5O6/c1-56-32-9-11-34-40(25-32)57-27-36(29-5-3-2-4-6-29)42(34)30-7-12-38(37(46)23-30)50-17-15-28(16-18-50)26-48-19-21-49(22-20-48)31-8-10-33-35(24-31)45(55)51(44(33)54)39-13-14-41(52)47-43(39)53/h2-12,23-25,28,36,39,42H,13-22,26-27H2,1H3,(H,47,52,53)/t36-,39?,42-/m1/s1. The Morgan fingerprint density at radius 1 is 0.772 bits per heavy atom. The predicted octanol–water partition coefficient (Wildman–Crippen LogP) is 5.58. The molecule has 4 amide bonds. The van der Waals surface area contributed by atoms with Gasteiger partial charge in [0.2, 0.25) is 11.8 Å². The summed E-state index contributed by atoms with van der Waals surface area (Å²) >= 11 is 0. The third kappa shape index (κ3) is 7.00. The number of halogens is 1. The number of fused-ring (bicyclic) bond motifs is 2. The van der Waals surface area contributed by atoms with Gasteiger partial charge in [-0.1, -0.05) is 42.5 Å². The van der Waals surface area contributed by atoms with E-state index in [-0.39, 0.29) is 36.1 Å². The Balaban J connectivity index is 0.805. The van der Waals surface area contributed by atoms with Crippen LogP contribution in [0.25, 0.3) is 0 Å². The smallest absolute Gasteiger partial charge is 0.262 e. The van der Waals surface area contributed by atoms with Crippen LogP contribution in [0.3, 0.4) is 0 Å². The molecule has 294 valence electrons. The van der Waals surface area contributed by atoms with Crippen molar-refractivity contribution >= 4 is 35.0 Å². The predicted molar refractivity (Wildman–Crippen MR) is 213 cm³/mol. The van der Waals surface area contributed by atoms with E-state index in [0.717, 1.165) is 97.4 Å². The Bertz CT molecular complexity index is 2220. The second-order valence-electron chi connectivity index (χ2n) is 15.8. The summed E-state index contributed by atoms with van der Waals surface area (Å²) in [6.07, 6.45) is 2.19. The van der Waals surface area contributed by atoms with Crippen LogP contribution in [0.2, 0.25) is 0 Å². The lowest BCUT2D eigenvalue weighted by molar-refractivity contribution is -0.136. The van der Waals surface area contributed by atoms with Crippen LogP contribution in [-0.4, -0.2) is 99.0 Å². The number of rotatable bonds is 8. The molecule has 5 aliphatic heterocycles. The van der Waals surface area contributed by atoms with Crippen molar-refractivity contribution < 1.29 is 33.0 Å². The van der Waals surface area contributed by atoms with Crippen LogP contribution in [0.5, 0.6) is 11.5 Å². The van der Waals surface area contributed by atoms with Crippen LogP contribution in [0, 0.1) is 11.7 Å². The van der Waals surface area contributed by atoms with E-state index < -0.39 is 29.7 Å². The molecule has 0 bridgehead atoms. The molecule has 0 radical (unpaired) electrons. The molecule has 4 aromatic carbocycles. The number of amides is 4.